The van der Waals surface area contributed by atoms with E-state index in [1.165, 1.54) is 45.9 Å². The molecule has 0 saturated heterocycles. The number of aliphatic imine (C=N–C) groups is 4. The Kier molecular flexibility index (Phi) is 26.3. The summed E-state index contributed by atoms with van der Waals surface area (Å²) in [6, 6.07) is 0. The van der Waals surface area contributed by atoms with Crippen LogP contribution in [0, 0.1) is 0 Å². The van der Waals surface area contributed by atoms with Gasteiger partial charge in [0.1, 0.15) is 11.8 Å². The first-order valence-corrected chi connectivity index (χ1v) is 10.4. The summed E-state index contributed by atoms with van der Waals surface area (Å²) in [5.74, 6) is 2.26. The van der Waals surface area contributed by atoms with Gasteiger partial charge in [-0.15, -0.1) is 0 Å². The van der Waals surface area contributed by atoms with Gasteiger partial charge in [0, 0.05) is 11.5 Å². The summed E-state index contributed by atoms with van der Waals surface area (Å²) in [5, 5.41) is 0. The van der Waals surface area contributed by atoms with Gasteiger partial charge in [0.05, 0.1) is 13.1 Å². The summed E-state index contributed by atoms with van der Waals surface area (Å²) in [4.78, 5) is 51.5. The van der Waals surface area contributed by atoms with Gasteiger partial charge >= 0.3 is 0 Å². The lowest BCUT2D eigenvalue weighted by atomic mass is 10.8. The van der Waals surface area contributed by atoms with Gasteiger partial charge in [-0.2, -0.15) is 9.98 Å². The molecule has 12 heteroatoms. The van der Waals surface area contributed by atoms with Crippen molar-refractivity contribution in [1.82, 2.24) is 0 Å². The molecule has 0 fully saturated rings. The van der Waals surface area contributed by atoms with Crippen molar-refractivity contribution in [2.45, 2.75) is 0 Å². The molecule has 8 nitrogen and oxygen atoms in total. The molecule has 0 aliphatic rings. The number of carbonyl (C=O) groups excluding carboxylic acids is 4. The Bertz CT molecular complexity index is 412. The van der Waals surface area contributed by atoms with E-state index in [2.05, 4.69) is 20.0 Å². The molecule has 0 heterocycles. The van der Waals surface area contributed by atoms with E-state index in [4.69, 9.17) is 0 Å². The number of rotatable bonds is 12. The molecule has 120 valence electrons. The van der Waals surface area contributed by atoms with Crippen LogP contribution < -0.4 is 0 Å². The third-order valence-electron chi connectivity index (χ3n) is 1.23. The average Bonchev–Trinajstić information content (AvgIpc) is 2.54. The molecular formula is C10H12N4O4S4. The lowest BCUT2D eigenvalue weighted by molar-refractivity contribution is 0.562. The van der Waals surface area contributed by atoms with Gasteiger partial charge in [0.2, 0.25) is 24.3 Å². The van der Waals surface area contributed by atoms with Gasteiger partial charge in [0.15, 0.2) is 0 Å². The molecule has 22 heavy (non-hydrogen) atoms. The number of hydrogen-bond acceptors (Lipinski definition) is 12. The molecular weight excluding hydrogens is 368 g/mol. The van der Waals surface area contributed by atoms with E-state index in [0.717, 1.165) is 11.5 Å². The van der Waals surface area contributed by atoms with Crippen molar-refractivity contribution in [3.05, 3.63) is 0 Å². The van der Waals surface area contributed by atoms with Crippen molar-refractivity contribution in [1.29, 1.82) is 0 Å². The molecule has 0 spiro atoms. The lowest BCUT2D eigenvalue weighted by Crippen LogP contribution is -1.84. The van der Waals surface area contributed by atoms with Gasteiger partial charge < -0.3 is 0 Å². The van der Waals surface area contributed by atoms with E-state index >= 15 is 0 Å². The Morgan fingerprint density at radius 2 is 0.909 bits per heavy atom. The Morgan fingerprint density at radius 1 is 0.545 bits per heavy atom. The Hall–Kier alpha value is -1.08. The predicted octanol–water partition coefficient (Wildman–Crippen LogP) is 1.99. The molecule has 0 aromatic rings. The Balaban J connectivity index is 0. The van der Waals surface area contributed by atoms with Crippen molar-refractivity contribution < 1.29 is 19.2 Å². The zero-order valence-electron chi connectivity index (χ0n) is 11.3. The number of hydrogen-bond donors (Lipinski definition) is 0. The standard InChI is InChI=1S/C6H8N2O2S2.C4H4N2O2S2/c9-5-7-1-3-11-12-4-2-8-6-10;7-1-5-3-9-10-4-6-2-8/h1-4H2;3-4H2. The molecule has 0 amide bonds. The first-order chi connectivity index (χ1) is 10.8. The average molecular weight is 380 g/mol. The third kappa shape index (κ3) is 27.3. The summed E-state index contributed by atoms with van der Waals surface area (Å²) in [6.45, 7) is 0.996. The van der Waals surface area contributed by atoms with Gasteiger partial charge in [-0.1, -0.05) is 43.2 Å². The highest BCUT2D eigenvalue weighted by atomic mass is 33.1. The van der Waals surface area contributed by atoms with Gasteiger partial charge in [0.25, 0.3) is 0 Å². The van der Waals surface area contributed by atoms with E-state index in [9.17, 15) is 19.2 Å². The second kappa shape index (κ2) is 24.9. The molecule has 0 rings (SSSR count). The van der Waals surface area contributed by atoms with Crippen LogP contribution in [0.2, 0.25) is 0 Å². The monoisotopic (exact) mass is 380 g/mol. The molecule has 0 saturated carbocycles. The van der Waals surface area contributed by atoms with Crippen molar-refractivity contribution >= 4 is 67.5 Å². The summed E-state index contributed by atoms with van der Waals surface area (Å²) < 4.78 is 0. The fraction of sp³-hybridized carbons (Fsp3) is 0.600. The molecule has 0 aromatic heterocycles. The van der Waals surface area contributed by atoms with Crippen molar-refractivity contribution in [3.8, 4) is 0 Å². The summed E-state index contributed by atoms with van der Waals surface area (Å²) in [5.41, 5.74) is 0. The van der Waals surface area contributed by atoms with E-state index in [1.54, 1.807) is 21.6 Å². The minimum absolute atomic E-state index is 0.350. The maximum atomic E-state index is 9.61. The van der Waals surface area contributed by atoms with E-state index in [0.29, 0.717) is 24.8 Å². The normalized spacial score (nSPS) is 8.00. The molecule has 0 unspecified atom stereocenters. The van der Waals surface area contributed by atoms with Crippen LogP contribution >= 0.6 is 43.2 Å². The van der Waals surface area contributed by atoms with Crippen LogP contribution in [-0.2, 0) is 19.2 Å². The molecule has 0 N–H and O–H groups in total. The Morgan fingerprint density at radius 3 is 1.23 bits per heavy atom. The highest BCUT2D eigenvalue weighted by molar-refractivity contribution is 8.77. The van der Waals surface area contributed by atoms with Crippen LogP contribution in [0.15, 0.2) is 20.0 Å². The second-order valence-electron chi connectivity index (χ2n) is 2.58. The summed E-state index contributed by atoms with van der Waals surface area (Å²) in [7, 11) is 5.86. The molecule has 0 aliphatic carbocycles. The first kappa shape index (κ1) is 23.2. The van der Waals surface area contributed by atoms with E-state index in [1.807, 2.05) is 0 Å². The summed E-state index contributed by atoms with van der Waals surface area (Å²) >= 11 is 0. The molecule has 0 atom stereocenters. The van der Waals surface area contributed by atoms with Gasteiger partial charge in [-0.3, -0.25) is 0 Å². The van der Waals surface area contributed by atoms with E-state index in [-0.39, 0.29) is 0 Å². The van der Waals surface area contributed by atoms with Crippen molar-refractivity contribution in [2.24, 2.45) is 20.0 Å². The first-order valence-electron chi connectivity index (χ1n) is 5.46. The van der Waals surface area contributed by atoms with Crippen molar-refractivity contribution in [2.75, 3.05) is 36.3 Å². The minimum Gasteiger partial charge on any atom is -0.211 e. The van der Waals surface area contributed by atoms with Crippen LogP contribution in [0.3, 0.4) is 0 Å². The minimum atomic E-state index is 0.350. The maximum Gasteiger partial charge on any atom is 0.235 e. The fourth-order valence-corrected chi connectivity index (χ4v) is 3.40. The topological polar surface area (TPSA) is 118 Å². The highest BCUT2D eigenvalue weighted by Crippen LogP contribution is 2.20. The third-order valence-corrected chi connectivity index (χ3v) is 5.37. The second-order valence-corrected chi connectivity index (χ2v) is 7.69. The smallest absolute Gasteiger partial charge is 0.211 e. The van der Waals surface area contributed by atoms with Crippen LogP contribution in [-0.4, -0.2) is 60.7 Å². The van der Waals surface area contributed by atoms with Gasteiger partial charge in [-0.25, -0.2) is 29.2 Å². The number of nitrogens with zero attached hydrogens (tertiary/aromatic N) is 4. The summed E-state index contributed by atoms with van der Waals surface area (Å²) in [6.07, 6.45) is 5.71. The van der Waals surface area contributed by atoms with Crippen LogP contribution in [0.4, 0.5) is 0 Å². The predicted molar refractivity (Wildman–Crippen MR) is 92.1 cm³/mol. The molecule has 0 bridgehead atoms. The molecule has 0 radical (unpaired) electrons. The zero-order chi connectivity index (χ0) is 16.7. The molecule has 0 aliphatic heterocycles. The zero-order valence-corrected chi connectivity index (χ0v) is 14.6. The number of isocyanates is 4. The fourth-order valence-electron chi connectivity index (χ4n) is 0.555. The lowest BCUT2D eigenvalue weighted by Gasteiger charge is -1.93. The highest BCUT2D eigenvalue weighted by Gasteiger charge is 1.88. The van der Waals surface area contributed by atoms with Crippen LogP contribution in [0.25, 0.3) is 0 Å². The molecule has 0 aromatic carbocycles. The quantitative estimate of drug-likeness (QED) is 0.218. The van der Waals surface area contributed by atoms with Crippen molar-refractivity contribution in [3.63, 3.8) is 0 Å². The largest absolute Gasteiger partial charge is 0.235 e. The van der Waals surface area contributed by atoms with Crippen LogP contribution in [0.1, 0.15) is 0 Å². The Labute approximate surface area is 143 Å². The van der Waals surface area contributed by atoms with E-state index < -0.39 is 0 Å². The van der Waals surface area contributed by atoms with Crippen LogP contribution in [0.5, 0.6) is 0 Å². The SMILES string of the molecule is O=C=NCCSSCCN=C=O.O=C=NCSSCN=C=O. The maximum absolute atomic E-state index is 9.61. The van der Waals surface area contributed by atoms with Gasteiger partial charge in [-0.05, 0) is 0 Å².